The van der Waals surface area contributed by atoms with Crippen molar-refractivity contribution in [2.75, 3.05) is 20.2 Å². The van der Waals surface area contributed by atoms with Crippen LogP contribution in [0.5, 0.6) is 5.75 Å². The summed E-state index contributed by atoms with van der Waals surface area (Å²) in [6, 6.07) is 5.69. The van der Waals surface area contributed by atoms with Gasteiger partial charge >= 0.3 is 0 Å². The van der Waals surface area contributed by atoms with Gasteiger partial charge in [0.15, 0.2) is 0 Å². The first-order valence-corrected chi connectivity index (χ1v) is 5.72. The van der Waals surface area contributed by atoms with E-state index in [0.29, 0.717) is 0 Å². The second kappa shape index (κ2) is 4.24. The number of rotatable bonds is 3. The second-order valence-electron chi connectivity index (χ2n) is 4.76. The average molecular weight is 241 g/mol. The Labute approximate surface area is 101 Å². The summed E-state index contributed by atoms with van der Waals surface area (Å²) < 4.78 is 5.31. The van der Waals surface area contributed by atoms with Crippen molar-refractivity contribution in [2.24, 2.45) is 5.73 Å². The topological polar surface area (TPSA) is 38.5 Å². The molecule has 1 aromatic rings. The Hall–Kier alpha value is -0.770. The number of benzene rings is 1. The normalized spacial score (nSPS) is 19.2. The summed E-state index contributed by atoms with van der Waals surface area (Å²) in [4.78, 5) is 2.29. The summed E-state index contributed by atoms with van der Waals surface area (Å²) in [6.45, 7) is 4.75. The van der Waals surface area contributed by atoms with Gasteiger partial charge in [0.2, 0.25) is 0 Å². The molecule has 0 radical (unpaired) electrons. The van der Waals surface area contributed by atoms with Gasteiger partial charge in [-0.2, -0.15) is 0 Å². The Bertz CT molecular complexity index is 385. The van der Waals surface area contributed by atoms with Gasteiger partial charge in [0.1, 0.15) is 5.75 Å². The molecule has 3 nitrogen and oxygen atoms in total. The van der Waals surface area contributed by atoms with Gasteiger partial charge in [-0.25, -0.2) is 0 Å². The van der Waals surface area contributed by atoms with Gasteiger partial charge in [0.25, 0.3) is 0 Å². The third-order valence-electron chi connectivity index (χ3n) is 2.81. The van der Waals surface area contributed by atoms with E-state index in [4.69, 9.17) is 22.1 Å². The summed E-state index contributed by atoms with van der Waals surface area (Å²) in [5, 5.41) is 0.742. The summed E-state index contributed by atoms with van der Waals surface area (Å²) in [5.74, 6) is 0.884. The van der Waals surface area contributed by atoms with Crippen molar-refractivity contribution in [1.29, 1.82) is 0 Å². The van der Waals surface area contributed by atoms with Crippen LogP contribution in [-0.2, 0) is 6.54 Å². The number of hydrogen-bond donors (Lipinski definition) is 1. The summed E-state index contributed by atoms with van der Waals surface area (Å²) in [6.07, 6.45) is 0. The van der Waals surface area contributed by atoms with Crippen LogP contribution in [0.2, 0.25) is 5.02 Å². The molecule has 0 saturated carbocycles. The quantitative estimate of drug-likeness (QED) is 0.877. The lowest BCUT2D eigenvalue weighted by atomic mass is 9.93. The van der Waals surface area contributed by atoms with Crippen LogP contribution in [0.1, 0.15) is 12.5 Å². The van der Waals surface area contributed by atoms with E-state index in [1.165, 1.54) is 0 Å². The van der Waals surface area contributed by atoms with E-state index in [2.05, 4.69) is 11.8 Å². The smallest absolute Gasteiger partial charge is 0.123 e. The van der Waals surface area contributed by atoms with Gasteiger partial charge in [-0.05, 0) is 25.1 Å². The maximum atomic E-state index is 5.98. The Morgan fingerprint density at radius 3 is 2.75 bits per heavy atom. The van der Waals surface area contributed by atoms with E-state index >= 15 is 0 Å². The minimum Gasteiger partial charge on any atom is -0.496 e. The molecule has 0 bridgehead atoms. The van der Waals surface area contributed by atoms with E-state index in [1.54, 1.807) is 7.11 Å². The lowest BCUT2D eigenvalue weighted by Gasteiger charge is -2.45. The molecule has 0 unspecified atom stereocenters. The minimum atomic E-state index is -0.0359. The van der Waals surface area contributed by atoms with Gasteiger partial charge in [-0.1, -0.05) is 11.6 Å². The van der Waals surface area contributed by atoms with E-state index in [-0.39, 0.29) is 5.54 Å². The first-order valence-electron chi connectivity index (χ1n) is 5.34. The predicted molar refractivity (Wildman–Crippen MR) is 65.9 cm³/mol. The van der Waals surface area contributed by atoms with E-state index in [0.717, 1.165) is 36.0 Å². The molecule has 0 aliphatic carbocycles. The maximum absolute atomic E-state index is 5.98. The average Bonchev–Trinajstić information content (AvgIpc) is 2.15. The van der Waals surface area contributed by atoms with Crippen LogP contribution < -0.4 is 10.5 Å². The molecule has 1 heterocycles. The molecule has 1 aromatic carbocycles. The zero-order valence-corrected chi connectivity index (χ0v) is 10.4. The van der Waals surface area contributed by atoms with Gasteiger partial charge < -0.3 is 10.5 Å². The van der Waals surface area contributed by atoms with Crippen LogP contribution in [0.15, 0.2) is 18.2 Å². The molecule has 1 fully saturated rings. The number of likely N-dealkylation sites (tertiary alicyclic amines) is 1. The largest absolute Gasteiger partial charge is 0.496 e. The number of methoxy groups -OCH3 is 1. The summed E-state index contributed by atoms with van der Waals surface area (Å²) in [5.41, 5.74) is 7.05. The molecule has 1 aliphatic rings. The van der Waals surface area contributed by atoms with Crippen molar-refractivity contribution in [2.45, 2.75) is 19.0 Å². The van der Waals surface area contributed by atoms with Crippen molar-refractivity contribution < 1.29 is 4.74 Å². The highest BCUT2D eigenvalue weighted by Gasteiger charge is 2.34. The standard InChI is InChI=1S/C12H17ClN2O/c1-12(14)7-15(8-12)6-9-5-10(13)3-4-11(9)16-2/h3-5H,6-8,14H2,1-2H3. The van der Waals surface area contributed by atoms with Crippen LogP contribution in [0.4, 0.5) is 0 Å². The number of hydrogen-bond acceptors (Lipinski definition) is 3. The van der Waals surface area contributed by atoms with Gasteiger partial charge in [-0.3, -0.25) is 4.90 Å². The van der Waals surface area contributed by atoms with E-state index in [1.807, 2.05) is 18.2 Å². The number of halogens is 1. The molecule has 4 heteroatoms. The fourth-order valence-electron chi connectivity index (χ4n) is 2.20. The van der Waals surface area contributed by atoms with Crippen molar-refractivity contribution in [3.8, 4) is 5.75 Å². The van der Waals surface area contributed by atoms with E-state index in [9.17, 15) is 0 Å². The van der Waals surface area contributed by atoms with Crippen LogP contribution in [0.25, 0.3) is 0 Å². The Balaban J connectivity index is 2.06. The molecule has 0 aromatic heterocycles. The van der Waals surface area contributed by atoms with Crippen LogP contribution in [0, 0.1) is 0 Å². The molecule has 1 aliphatic heterocycles. The lowest BCUT2D eigenvalue weighted by Crippen LogP contribution is -2.64. The Morgan fingerprint density at radius 1 is 1.50 bits per heavy atom. The number of nitrogens with zero attached hydrogens (tertiary/aromatic N) is 1. The zero-order valence-electron chi connectivity index (χ0n) is 9.66. The highest BCUT2D eigenvalue weighted by molar-refractivity contribution is 6.30. The fraction of sp³-hybridized carbons (Fsp3) is 0.500. The first-order chi connectivity index (χ1) is 7.50. The number of nitrogens with two attached hydrogens (primary N) is 1. The van der Waals surface area contributed by atoms with Crippen molar-refractivity contribution in [3.05, 3.63) is 28.8 Å². The maximum Gasteiger partial charge on any atom is 0.123 e. The van der Waals surface area contributed by atoms with Crippen LogP contribution in [0.3, 0.4) is 0 Å². The van der Waals surface area contributed by atoms with Gasteiger partial charge in [0, 0.05) is 35.8 Å². The Kier molecular flexibility index (Phi) is 3.10. The fourth-order valence-corrected chi connectivity index (χ4v) is 2.39. The van der Waals surface area contributed by atoms with Gasteiger partial charge in [-0.15, -0.1) is 0 Å². The monoisotopic (exact) mass is 240 g/mol. The third-order valence-corrected chi connectivity index (χ3v) is 3.04. The highest BCUT2D eigenvalue weighted by atomic mass is 35.5. The molecule has 0 amide bonds. The molecular formula is C12H17ClN2O. The number of ether oxygens (including phenoxy) is 1. The Morgan fingerprint density at radius 2 is 2.19 bits per heavy atom. The molecule has 0 spiro atoms. The lowest BCUT2D eigenvalue weighted by molar-refractivity contribution is 0.0756. The highest BCUT2D eigenvalue weighted by Crippen LogP contribution is 2.27. The first kappa shape index (κ1) is 11.7. The van der Waals surface area contributed by atoms with Crippen molar-refractivity contribution >= 4 is 11.6 Å². The second-order valence-corrected chi connectivity index (χ2v) is 5.19. The third kappa shape index (κ3) is 2.48. The zero-order chi connectivity index (χ0) is 11.8. The SMILES string of the molecule is COc1ccc(Cl)cc1CN1CC(C)(N)C1. The van der Waals surface area contributed by atoms with Gasteiger partial charge in [0.05, 0.1) is 7.11 Å². The molecule has 2 N–H and O–H groups in total. The molecule has 1 saturated heterocycles. The minimum absolute atomic E-state index is 0.0359. The summed E-state index contributed by atoms with van der Waals surface area (Å²) >= 11 is 5.98. The van der Waals surface area contributed by atoms with Crippen molar-refractivity contribution in [1.82, 2.24) is 4.90 Å². The van der Waals surface area contributed by atoms with Crippen LogP contribution >= 0.6 is 11.6 Å². The van der Waals surface area contributed by atoms with Crippen LogP contribution in [-0.4, -0.2) is 30.6 Å². The summed E-state index contributed by atoms with van der Waals surface area (Å²) in [7, 11) is 1.68. The molecule has 2 rings (SSSR count). The molecule has 0 atom stereocenters. The molecule has 88 valence electrons. The molecule has 16 heavy (non-hydrogen) atoms. The predicted octanol–water partition coefficient (Wildman–Crippen LogP) is 1.88. The van der Waals surface area contributed by atoms with E-state index < -0.39 is 0 Å². The molecular weight excluding hydrogens is 224 g/mol. The van der Waals surface area contributed by atoms with Crippen molar-refractivity contribution in [3.63, 3.8) is 0 Å².